The SMILES string of the molecule is C[C@H](Br)CCCCCO. The van der Waals surface area contributed by atoms with Crippen LogP contribution in [0.3, 0.4) is 0 Å². The van der Waals surface area contributed by atoms with Gasteiger partial charge in [0.1, 0.15) is 0 Å². The van der Waals surface area contributed by atoms with E-state index in [1.165, 1.54) is 12.8 Å². The molecule has 1 atom stereocenters. The van der Waals surface area contributed by atoms with E-state index in [0.717, 1.165) is 12.8 Å². The normalized spacial score (nSPS) is 13.7. The summed E-state index contributed by atoms with van der Waals surface area (Å²) in [4.78, 5) is 0.635. The third kappa shape index (κ3) is 8.44. The molecule has 0 spiro atoms. The van der Waals surface area contributed by atoms with Crippen LogP contribution in [0, 0.1) is 0 Å². The van der Waals surface area contributed by atoms with Gasteiger partial charge in [0.2, 0.25) is 0 Å². The molecule has 0 aliphatic carbocycles. The summed E-state index contributed by atoms with van der Waals surface area (Å²) >= 11 is 3.46. The Morgan fingerprint density at radius 1 is 1.33 bits per heavy atom. The van der Waals surface area contributed by atoms with Crippen LogP contribution in [0.25, 0.3) is 0 Å². The third-order valence-corrected chi connectivity index (χ3v) is 1.72. The highest BCUT2D eigenvalue weighted by Gasteiger charge is 1.93. The van der Waals surface area contributed by atoms with Gasteiger partial charge in [-0.05, 0) is 12.8 Å². The molecule has 0 heterocycles. The van der Waals surface area contributed by atoms with E-state index >= 15 is 0 Å². The molecule has 0 fully saturated rings. The van der Waals surface area contributed by atoms with Crippen molar-refractivity contribution in [3.8, 4) is 0 Å². The zero-order chi connectivity index (χ0) is 7.11. The number of hydrogen-bond donors (Lipinski definition) is 1. The van der Waals surface area contributed by atoms with E-state index in [4.69, 9.17) is 5.11 Å². The Kier molecular flexibility index (Phi) is 6.88. The average Bonchev–Trinajstić information content (AvgIpc) is 1.80. The van der Waals surface area contributed by atoms with Crippen molar-refractivity contribution in [1.29, 1.82) is 0 Å². The quantitative estimate of drug-likeness (QED) is 0.527. The van der Waals surface area contributed by atoms with Crippen molar-refractivity contribution in [2.24, 2.45) is 0 Å². The average molecular weight is 195 g/mol. The van der Waals surface area contributed by atoms with E-state index in [0.29, 0.717) is 11.4 Å². The first-order chi connectivity index (χ1) is 4.27. The fraction of sp³-hybridized carbons (Fsp3) is 1.00. The summed E-state index contributed by atoms with van der Waals surface area (Å²) in [5.74, 6) is 0. The summed E-state index contributed by atoms with van der Waals surface area (Å²) in [5.41, 5.74) is 0. The molecule has 9 heavy (non-hydrogen) atoms. The maximum atomic E-state index is 8.42. The first kappa shape index (κ1) is 9.44. The monoisotopic (exact) mass is 194 g/mol. The lowest BCUT2D eigenvalue weighted by Crippen LogP contribution is -1.90. The smallest absolute Gasteiger partial charge is 0.0431 e. The van der Waals surface area contributed by atoms with Crippen LogP contribution < -0.4 is 0 Å². The molecule has 1 nitrogen and oxygen atoms in total. The molecule has 0 radical (unpaired) electrons. The highest BCUT2D eigenvalue weighted by atomic mass is 79.9. The zero-order valence-electron chi connectivity index (χ0n) is 5.94. The van der Waals surface area contributed by atoms with E-state index in [1.807, 2.05) is 0 Å². The van der Waals surface area contributed by atoms with E-state index in [1.54, 1.807) is 0 Å². The molecule has 0 saturated carbocycles. The van der Waals surface area contributed by atoms with Gasteiger partial charge in [0.05, 0.1) is 0 Å². The highest BCUT2D eigenvalue weighted by Crippen LogP contribution is 2.09. The molecule has 0 aromatic rings. The van der Waals surface area contributed by atoms with Crippen LogP contribution >= 0.6 is 15.9 Å². The first-order valence-corrected chi connectivity index (χ1v) is 4.44. The van der Waals surface area contributed by atoms with Crippen molar-refractivity contribution < 1.29 is 5.11 Å². The summed E-state index contributed by atoms with van der Waals surface area (Å²) in [5, 5.41) is 8.42. The van der Waals surface area contributed by atoms with Gasteiger partial charge in [0, 0.05) is 11.4 Å². The second-order valence-corrected chi connectivity index (χ2v) is 3.92. The van der Waals surface area contributed by atoms with Gasteiger partial charge < -0.3 is 5.11 Å². The molecule has 0 bridgehead atoms. The lowest BCUT2D eigenvalue weighted by atomic mass is 10.2. The van der Waals surface area contributed by atoms with Crippen LogP contribution in [0.5, 0.6) is 0 Å². The summed E-state index contributed by atoms with van der Waals surface area (Å²) in [7, 11) is 0. The number of aliphatic hydroxyl groups excluding tert-OH is 1. The minimum atomic E-state index is 0.344. The molecule has 0 aliphatic rings. The largest absolute Gasteiger partial charge is 0.396 e. The molecular formula is C7H15BrO. The number of rotatable bonds is 5. The Hall–Kier alpha value is 0.440. The highest BCUT2D eigenvalue weighted by molar-refractivity contribution is 9.09. The molecule has 0 aromatic heterocycles. The van der Waals surface area contributed by atoms with E-state index in [9.17, 15) is 0 Å². The minimum absolute atomic E-state index is 0.344. The molecule has 1 N–H and O–H groups in total. The van der Waals surface area contributed by atoms with Gasteiger partial charge in [-0.2, -0.15) is 0 Å². The summed E-state index contributed by atoms with van der Waals surface area (Å²) < 4.78 is 0. The topological polar surface area (TPSA) is 20.2 Å². The molecule has 0 saturated heterocycles. The van der Waals surface area contributed by atoms with Gasteiger partial charge in [-0.25, -0.2) is 0 Å². The van der Waals surface area contributed by atoms with Crippen molar-refractivity contribution >= 4 is 15.9 Å². The Bertz CT molecular complexity index is 54.9. The number of unbranched alkanes of at least 4 members (excludes halogenated alkanes) is 2. The third-order valence-electron chi connectivity index (χ3n) is 1.26. The fourth-order valence-electron chi connectivity index (χ4n) is 0.714. The fourth-order valence-corrected chi connectivity index (χ4v) is 1.04. The van der Waals surface area contributed by atoms with Crippen LogP contribution in [0.2, 0.25) is 0 Å². The second kappa shape index (κ2) is 6.56. The second-order valence-electron chi connectivity index (χ2n) is 2.35. The lowest BCUT2D eigenvalue weighted by molar-refractivity contribution is 0.282. The van der Waals surface area contributed by atoms with Crippen LogP contribution in [0.1, 0.15) is 32.6 Å². The predicted octanol–water partition coefficient (Wildman–Crippen LogP) is 2.32. The Balaban J connectivity index is 2.75. The van der Waals surface area contributed by atoms with Crippen molar-refractivity contribution in [3.05, 3.63) is 0 Å². The summed E-state index contributed by atoms with van der Waals surface area (Å²) in [6, 6.07) is 0. The van der Waals surface area contributed by atoms with Crippen LogP contribution in [0.15, 0.2) is 0 Å². The Morgan fingerprint density at radius 2 is 2.00 bits per heavy atom. The van der Waals surface area contributed by atoms with Crippen molar-refractivity contribution in [2.75, 3.05) is 6.61 Å². The molecule has 2 heteroatoms. The number of alkyl halides is 1. The molecule has 0 aliphatic heterocycles. The molecule has 0 amide bonds. The molecule has 56 valence electrons. The zero-order valence-corrected chi connectivity index (χ0v) is 7.52. The minimum Gasteiger partial charge on any atom is -0.396 e. The lowest BCUT2D eigenvalue weighted by Gasteiger charge is -2.00. The summed E-state index contributed by atoms with van der Waals surface area (Å²) in [6.45, 7) is 2.50. The Labute approximate surface area is 65.6 Å². The van der Waals surface area contributed by atoms with Crippen LogP contribution in [-0.2, 0) is 0 Å². The van der Waals surface area contributed by atoms with Crippen molar-refractivity contribution in [2.45, 2.75) is 37.4 Å². The Morgan fingerprint density at radius 3 is 2.44 bits per heavy atom. The van der Waals surface area contributed by atoms with Gasteiger partial charge in [-0.1, -0.05) is 35.7 Å². The number of halogens is 1. The van der Waals surface area contributed by atoms with Gasteiger partial charge in [-0.3, -0.25) is 0 Å². The van der Waals surface area contributed by atoms with Crippen molar-refractivity contribution in [3.63, 3.8) is 0 Å². The molecule has 0 rings (SSSR count). The predicted molar refractivity (Wildman–Crippen MR) is 43.9 cm³/mol. The van der Waals surface area contributed by atoms with E-state index in [2.05, 4.69) is 22.9 Å². The van der Waals surface area contributed by atoms with Gasteiger partial charge >= 0.3 is 0 Å². The van der Waals surface area contributed by atoms with Gasteiger partial charge in [0.15, 0.2) is 0 Å². The summed E-state index contributed by atoms with van der Waals surface area (Å²) in [6.07, 6.45) is 4.57. The molecular weight excluding hydrogens is 180 g/mol. The molecule has 0 unspecified atom stereocenters. The maximum absolute atomic E-state index is 8.42. The molecule has 0 aromatic carbocycles. The van der Waals surface area contributed by atoms with Crippen LogP contribution in [-0.4, -0.2) is 16.5 Å². The van der Waals surface area contributed by atoms with Gasteiger partial charge in [-0.15, -0.1) is 0 Å². The van der Waals surface area contributed by atoms with E-state index in [-0.39, 0.29) is 0 Å². The van der Waals surface area contributed by atoms with Crippen molar-refractivity contribution in [1.82, 2.24) is 0 Å². The van der Waals surface area contributed by atoms with E-state index < -0.39 is 0 Å². The first-order valence-electron chi connectivity index (χ1n) is 3.52. The van der Waals surface area contributed by atoms with Gasteiger partial charge in [0.25, 0.3) is 0 Å². The number of hydrogen-bond acceptors (Lipinski definition) is 1. The standard InChI is InChI=1S/C7H15BrO/c1-7(8)5-3-2-4-6-9/h7,9H,2-6H2,1H3/t7-/m0/s1. The maximum Gasteiger partial charge on any atom is 0.0431 e. The van der Waals surface area contributed by atoms with Crippen LogP contribution in [0.4, 0.5) is 0 Å². The number of aliphatic hydroxyl groups is 1.